The third-order valence-electron chi connectivity index (χ3n) is 3.19. The highest BCUT2D eigenvalue weighted by atomic mass is 35.5. The topological polar surface area (TPSA) is 42.0 Å². The molecule has 3 rings (SSSR count). The quantitative estimate of drug-likeness (QED) is 0.550. The van der Waals surface area contributed by atoms with Gasteiger partial charge in [-0.15, -0.1) is 10.2 Å². The van der Waals surface area contributed by atoms with Gasteiger partial charge in [0.05, 0.1) is 16.9 Å². The fraction of sp³-hybridized carbons (Fsp3) is 0.133. The van der Waals surface area contributed by atoms with Gasteiger partial charge in [0.25, 0.3) is 0 Å². The molecule has 0 saturated heterocycles. The molecule has 0 aliphatic carbocycles. The highest BCUT2D eigenvalue weighted by molar-refractivity contribution is 6.30. The molecule has 0 fully saturated rings. The number of aryl methyl sites for hydroxylation is 1. The molecule has 0 unspecified atom stereocenters. The summed E-state index contributed by atoms with van der Waals surface area (Å²) in [6.45, 7) is 1.72. The Balaban J connectivity index is 2.08. The molecule has 2 aromatic heterocycles. The maximum absolute atomic E-state index is 13.0. The second-order valence-electron chi connectivity index (χ2n) is 4.81. The van der Waals surface area contributed by atoms with Gasteiger partial charge < -0.3 is 0 Å². The Morgan fingerprint density at radius 1 is 1.13 bits per heavy atom. The first-order chi connectivity index (χ1) is 10.9. The number of fused-ring (bicyclic) bond motifs is 1. The van der Waals surface area contributed by atoms with Crippen LogP contribution in [0, 0.1) is 6.92 Å². The molecule has 4 nitrogen and oxygen atoms in total. The van der Waals surface area contributed by atoms with E-state index in [0.29, 0.717) is 17.2 Å². The number of nitrogens with zero attached hydrogens (tertiary/aromatic N) is 4. The fourth-order valence-corrected chi connectivity index (χ4v) is 2.32. The van der Waals surface area contributed by atoms with E-state index in [1.165, 1.54) is 12.1 Å². The number of hydrogen-bond acceptors (Lipinski definition) is 3. The number of aromatic nitrogens is 2. The van der Waals surface area contributed by atoms with E-state index in [0.717, 1.165) is 6.07 Å². The standard InChI is InChI=1S/C15H10ClF3N4/c1-9-14(23-7-3-2-4-13(23)20-9)22-21-12-6-5-10(16)8-11(12)15(17,18)19/h2-8H,1H3. The highest BCUT2D eigenvalue weighted by Gasteiger charge is 2.34. The highest BCUT2D eigenvalue weighted by Crippen LogP contribution is 2.38. The van der Waals surface area contributed by atoms with Crippen LogP contribution in [0.2, 0.25) is 5.02 Å². The third kappa shape index (κ3) is 3.05. The van der Waals surface area contributed by atoms with Gasteiger partial charge in [0, 0.05) is 11.2 Å². The average molecular weight is 339 g/mol. The normalized spacial score (nSPS) is 12.4. The van der Waals surface area contributed by atoms with Gasteiger partial charge >= 0.3 is 6.18 Å². The van der Waals surface area contributed by atoms with Crippen LogP contribution in [0.4, 0.5) is 24.7 Å². The Labute approximate surface area is 134 Å². The van der Waals surface area contributed by atoms with Crippen molar-refractivity contribution in [2.45, 2.75) is 13.1 Å². The van der Waals surface area contributed by atoms with Gasteiger partial charge in [-0.05, 0) is 37.3 Å². The van der Waals surface area contributed by atoms with Gasteiger partial charge in [-0.2, -0.15) is 13.2 Å². The number of imidazole rings is 1. The molecule has 0 aliphatic rings. The minimum absolute atomic E-state index is 0.0118. The zero-order chi connectivity index (χ0) is 16.6. The van der Waals surface area contributed by atoms with E-state index >= 15 is 0 Å². The first-order valence-electron chi connectivity index (χ1n) is 6.58. The van der Waals surface area contributed by atoms with Crippen LogP contribution in [-0.2, 0) is 6.18 Å². The summed E-state index contributed by atoms with van der Waals surface area (Å²) in [5.74, 6) is 0.378. The second-order valence-corrected chi connectivity index (χ2v) is 5.25. The number of pyridine rings is 1. The zero-order valence-corrected chi connectivity index (χ0v) is 12.6. The van der Waals surface area contributed by atoms with Gasteiger partial charge in [0.2, 0.25) is 0 Å². The largest absolute Gasteiger partial charge is 0.418 e. The van der Waals surface area contributed by atoms with Gasteiger partial charge in [-0.25, -0.2) is 4.98 Å². The zero-order valence-electron chi connectivity index (χ0n) is 11.8. The molecule has 0 amide bonds. The maximum Gasteiger partial charge on any atom is 0.418 e. The van der Waals surface area contributed by atoms with Crippen molar-refractivity contribution in [1.82, 2.24) is 9.38 Å². The van der Waals surface area contributed by atoms with Crippen molar-refractivity contribution >= 4 is 28.8 Å². The molecule has 2 heterocycles. The first-order valence-corrected chi connectivity index (χ1v) is 6.96. The Morgan fingerprint density at radius 2 is 1.91 bits per heavy atom. The van der Waals surface area contributed by atoms with Crippen LogP contribution in [0.3, 0.4) is 0 Å². The van der Waals surface area contributed by atoms with Crippen molar-refractivity contribution in [2.24, 2.45) is 10.2 Å². The SMILES string of the molecule is Cc1nc2ccccn2c1N=Nc1ccc(Cl)cc1C(F)(F)F. The predicted octanol–water partition coefficient (Wildman–Crippen LogP) is 5.73. The summed E-state index contributed by atoms with van der Waals surface area (Å²) in [5.41, 5.74) is -0.0130. The minimum atomic E-state index is -4.56. The lowest BCUT2D eigenvalue weighted by Gasteiger charge is -2.09. The molecule has 0 aliphatic heterocycles. The van der Waals surface area contributed by atoms with Crippen LogP contribution in [0.1, 0.15) is 11.3 Å². The smallest absolute Gasteiger partial charge is 0.283 e. The van der Waals surface area contributed by atoms with E-state index < -0.39 is 11.7 Å². The van der Waals surface area contributed by atoms with Gasteiger partial charge in [-0.3, -0.25) is 4.40 Å². The fourth-order valence-electron chi connectivity index (χ4n) is 2.14. The van der Waals surface area contributed by atoms with E-state index in [1.54, 1.807) is 29.7 Å². The summed E-state index contributed by atoms with van der Waals surface area (Å²) in [7, 11) is 0. The molecule has 1 aromatic carbocycles. The minimum Gasteiger partial charge on any atom is -0.283 e. The molecule has 118 valence electrons. The lowest BCUT2D eigenvalue weighted by Crippen LogP contribution is -2.04. The van der Waals surface area contributed by atoms with E-state index in [2.05, 4.69) is 15.2 Å². The molecule has 0 spiro atoms. The van der Waals surface area contributed by atoms with Crippen molar-refractivity contribution in [3.8, 4) is 0 Å². The second kappa shape index (κ2) is 5.66. The number of rotatable bonds is 2. The van der Waals surface area contributed by atoms with E-state index in [1.807, 2.05) is 6.07 Å². The monoisotopic (exact) mass is 338 g/mol. The van der Waals surface area contributed by atoms with Crippen LogP contribution in [0.15, 0.2) is 52.8 Å². The van der Waals surface area contributed by atoms with Crippen LogP contribution < -0.4 is 0 Å². The predicted molar refractivity (Wildman–Crippen MR) is 80.6 cm³/mol. The summed E-state index contributed by atoms with van der Waals surface area (Å²) < 4.78 is 40.8. The van der Waals surface area contributed by atoms with Crippen molar-refractivity contribution < 1.29 is 13.2 Å². The molecule has 3 aromatic rings. The molecule has 0 radical (unpaired) electrons. The van der Waals surface area contributed by atoms with Crippen molar-refractivity contribution in [3.05, 3.63) is 58.9 Å². The van der Waals surface area contributed by atoms with Gasteiger partial charge in [0.15, 0.2) is 5.82 Å². The lowest BCUT2D eigenvalue weighted by molar-refractivity contribution is -0.137. The first kappa shape index (κ1) is 15.5. The van der Waals surface area contributed by atoms with Crippen LogP contribution in [-0.4, -0.2) is 9.38 Å². The van der Waals surface area contributed by atoms with E-state index in [9.17, 15) is 13.2 Å². The number of hydrogen-bond donors (Lipinski definition) is 0. The Kier molecular flexibility index (Phi) is 3.81. The Hall–Kier alpha value is -2.41. The van der Waals surface area contributed by atoms with E-state index in [4.69, 9.17) is 11.6 Å². The van der Waals surface area contributed by atoms with Gasteiger partial charge in [-0.1, -0.05) is 17.7 Å². The van der Waals surface area contributed by atoms with E-state index in [-0.39, 0.29) is 10.7 Å². The summed E-state index contributed by atoms with van der Waals surface area (Å²) >= 11 is 5.64. The maximum atomic E-state index is 13.0. The Morgan fingerprint density at radius 3 is 2.65 bits per heavy atom. The summed E-state index contributed by atoms with van der Waals surface area (Å²) in [4.78, 5) is 4.28. The molecule has 0 saturated carbocycles. The van der Waals surface area contributed by atoms with Crippen molar-refractivity contribution in [3.63, 3.8) is 0 Å². The van der Waals surface area contributed by atoms with Gasteiger partial charge in [0.1, 0.15) is 5.65 Å². The number of benzene rings is 1. The molecule has 8 heteroatoms. The number of azo groups is 1. The lowest BCUT2D eigenvalue weighted by atomic mass is 10.2. The molecule has 0 bridgehead atoms. The average Bonchev–Trinajstić information content (AvgIpc) is 2.80. The summed E-state index contributed by atoms with van der Waals surface area (Å²) in [5, 5.41) is 7.69. The summed E-state index contributed by atoms with van der Waals surface area (Å²) in [6, 6.07) is 8.71. The van der Waals surface area contributed by atoms with Crippen LogP contribution >= 0.6 is 11.6 Å². The van der Waals surface area contributed by atoms with Crippen LogP contribution in [0.5, 0.6) is 0 Å². The third-order valence-corrected chi connectivity index (χ3v) is 3.42. The van der Waals surface area contributed by atoms with Crippen molar-refractivity contribution in [1.29, 1.82) is 0 Å². The molecular weight excluding hydrogens is 329 g/mol. The molecule has 0 atom stereocenters. The summed E-state index contributed by atoms with van der Waals surface area (Å²) in [6.07, 6.45) is -2.84. The van der Waals surface area contributed by atoms with Crippen molar-refractivity contribution in [2.75, 3.05) is 0 Å². The Bertz CT molecular complexity index is 899. The molecular formula is C15H10ClF3N4. The van der Waals surface area contributed by atoms with Crippen LogP contribution in [0.25, 0.3) is 5.65 Å². The molecule has 0 N–H and O–H groups in total. The molecule has 23 heavy (non-hydrogen) atoms. The number of halogens is 4. The number of alkyl halides is 3.